The smallest absolute Gasteiger partial charge is 0.162 e. The zero-order valence-corrected chi connectivity index (χ0v) is 13.3. The lowest BCUT2D eigenvalue weighted by Crippen LogP contribution is -2.00. The Morgan fingerprint density at radius 3 is 2.43 bits per heavy atom. The van der Waals surface area contributed by atoms with Crippen LogP contribution in [0.2, 0.25) is 0 Å². The van der Waals surface area contributed by atoms with E-state index in [0.29, 0.717) is 23.0 Å². The average molecular weight is 310 g/mol. The summed E-state index contributed by atoms with van der Waals surface area (Å²) in [5.74, 6) is 2.63. The molecule has 0 aliphatic carbocycles. The number of nitrogen functional groups attached to an aromatic ring is 1. The molecule has 118 valence electrons. The molecule has 0 aliphatic heterocycles. The van der Waals surface area contributed by atoms with Crippen molar-refractivity contribution in [3.05, 3.63) is 36.4 Å². The van der Waals surface area contributed by atoms with Gasteiger partial charge in [0, 0.05) is 23.7 Å². The highest BCUT2D eigenvalue weighted by Crippen LogP contribution is 2.32. The van der Waals surface area contributed by atoms with E-state index in [0.717, 1.165) is 22.3 Å². The van der Waals surface area contributed by atoms with E-state index in [-0.39, 0.29) is 0 Å². The third-order valence-electron chi connectivity index (χ3n) is 3.60. The van der Waals surface area contributed by atoms with Gasteiger partial charge in [0.25, 0.3) is 0 Å². The zero-order valence-electron chi connectivity index (χ0n) is 13.3. The lowest BCUT2D eigenvalue weighted by atomic mass is 10.1. The zero-order chi connectivity index (χ0) is 16.4. The molecule has 3 N–H and O–H groups in total. The van der Waals surface area contributed by atoms with E-state index in [1.807, 2.05) is 43.4 Å². The van der Waals surface area contributed by atoms with Crippen LogP contribution in [0.25, 0.3) is 22.3 Å². The van der Waals surface area contributed by atoms with Crippen molar-refractivity contribution >= 4 is 22.4 Å². The van der Waals surface area contributed by atoms with E-state index in [9.17, 15) is 0 Å². The summed E-state index contributed by atoms with van der Waals surface area (Å²) in [6, 6.07) is 11.2. The highest BCUT2D eigenvalue weighted by molar-refractivity contribution is 5.92. The molecule has 0 amide bonds. The van der Waals surface area contributed by atoms with Crippen molar-refractivity contribution in [2.24, 2.45) is 0 Å². The second kappa shape index (κ2) is 6.00. The van der Waals surface area contributed by atoms with Gasteiger partial charge < -0.3 is 20.5 Å². The first-order chi connectivity index (χ1) is 11.2. The number of anilines is 2. The predicted molar refractivity (Wildman–Crippen MR) is 92.0 cm³/mol. The van der Waals surface area contributed by atoms with E-state index in [1.165, 1.54) is 0 Å². The molecule has 6 heteroatoms. The Bertz CT molecular complexity index is 865. The van der Waals surface area contributed by atoms with Gasteiger partial charge in [0.15, 0.2) is 17.3 Å². The van der Waals surface area contributed by atoms with Crippen LogP contribution in [-0.4, -0.2) is 31.2 Å². The Kier molecular flexibility index (Phi) is 3.89. The molecule has 0 radical (unpaired) electrons. The van der Waals surface area contributed by atoms with Crippen LogP contribution in [0.5, 0.6) is 11.5 Å². The molecule has 2 aromatic carbocycles. The summed E-state index contributed by atoms with van der Waals surface area (Å²) in [4.78, 5) is 9.21. The van der Waals surface area contributed by atoms with Crippen molar-refractivity contribution < 1.29 is 9.47 Å². The van der Waals surface area contributed by atoms with Gasteiger partial charge in [-0.1, -0.05) is 0 Å². The fourth-order valence-corrected chi connectivity index (χ4v) is 2.44. The molecule has 0 aliphatic rings. The standard InChI is InChI=1S/C17H18N4O2/c1-19-17-12-6-5-11(18)9-13(12)20-16(21-17)10-4-7-14(22-2)15(8-10)23-3/h4-9H,18H2,1-3H3,(H,19,20,21). The fraction of sp³-hybridized carbons (Fsp3) is 0.176. The molecule has 3 aromatic rings. The second-order valence-corrected chi connectivity index (χ2v) is 4.99. The maximum atomic E-state index is 5.87. The number of nitrogens with two attached hydrogens (primary N) is 1. The summed E-state index contributed by atoms with van der Waals surface area (Å²) < 4.78 is 10.6. The minimum Gasteiger partial charge on any atom is -0.493 e. The number of hydrogen-bond acceptors (Lipinski definition) is 6. The molecule has 3 rings (SSSR count). The number of hydrogen-bond donors (Lipinski definition) is 2. The van der Waals surface area contributed by atoms with Gasteiger partial charge in [-0.25, -0.2) is 9.97 Å². The van der Waals surface area contributed by atoms with Crippen LogP contribution in [0.1, 0.15) is 0 Å². The van der Waals surface area contributed by atoms with Gasteiger partial charge in [-0.2, -0.15) is 0 Å². The van der Waals surface area contributed by atoms with Crippen molar-refractivity contribution in [2.75, 3.05) is 32.3 Å². The number of ether oxygens (including phenoxy) is 2. The van der Waals surface area contributed by atoms with Crippen LogP contribution < -0.4 is 20.5 Å². The monoisotopic (exact) mass is 310 g/mol. The van der Waals surface area contributed by atoms with Gasteiger partial charge in [-0.3, -0.25) is 0 Å². The summed E-state index contributed by atoms with van der Waals surface area (Å²) in [6.45, 7) is 0. The fourth-order valence-electron chi connectivity index (χ4n) is 2.44. The van der Waals surface area contributed by atoms with E-state index < -0.39 is 0 Å². The van der Waals surface area contributed by atoms with Gasteiger partial charge in [-0.15, -0.1) is 0 Å². The molecule has 0 spiro atoms. The van der Waals surface area contributed by atoms with Gasteiger partial charge in [0.2, 0.25) is 0 Å². The van der Waals surface area contributed by atoms with Crippen LogP contribution >= 0.6 is 0 Å². The van der Waals surface area contributed by atoms with Crippen molar-refractivity contribution in [3.8, 4) is 22.9 Å². The molecule has 1 heterocycles. The van der Waals surface area contributed by atoms with Crippen LogP contribution in [0.3, 0.4) is 0 Å². The summed E-state index contributed by atoms with van der Waals surface area (Å²) in [5.41, 5.74) is 8.16. The van der Waals surface area contributed by atoms with Gasteiger partial charge in [0.1, 0.15) is 5.82 Å². The van der Waals surface area contributed by atoms with E-state index in [4.69, 9.17) is 15.2 Å². The predicted octanol–water partition coefficient (Wildman–Crippen LogP) is 2.94. The van der Waals surface area contributed by atoms with E-state index in [2.05, 4.69) is 15.3 Å². The first-order valence-corrected chi connectivity index (χ1v) is 7.13. The Labute approximate surface area is 134 Å². The summed E-state index contributed by atoms with van der Waals surface area (Å²) in [5, 5.41) is 4.03. The first-order valence-electron chi connectivity index (χ1n) is 7.13. The molecule has 0 atom stereocenters. The van der Waals surface area contributed by atoms with Crippen LogP contribution in [0, 0.1) is 0 Å². The van der Waals surface area contributed by atoms with Crippen LogP contribution in [0.15, 0.2) is 36.4 Å². The molecule has 0 saturated carbocycles. The summed E-state index contributed by atoms with van der Waals surface area (Å²) in [6.07, 6.45) is 0. The van der Waals surface area contributed by atoms with E-state index >= 15 is 0 Å². The number of rotatable bonds is 4. The number of fused-ring (bicyclic) bond motifs is 1. The molecular weight excluding hydrogens is 292 g/mol. The normalized spacial score (nSPS) is 10.6. The van der Waals surface area contributed by atoms with Crippen LogP contribution in [0.4, 0.5) is 11.5 Å². The maximum absolute atomic E-state index is 5.87. The molecule has 1 aromatic heterocycles. The van der Waals surface area contributed by atoms with Gasteiger partial charge in [-0.05, 0) is 36.4 Å². The highest BCUT2D eigenvalue weighted by Gasteiger charge is 2.12. The molecular formula is C17H18N4O2. The Hall–Kier alpha value is -3.02. The molecule has 23 heavy (non-hydrogen) atoms. The molecule has 0 saturated heterocycles. The van der Waals surface area contributed by atoms with Crippen molar-refractivity contribution in [1.29, 1.82) is 0 Å². The largest absolute Gasteiger partial charge is 0.493 e. The van der Waals surface area contributed by atoms with Crippen LogP contribution in [-0.2, 0) is 0 Å². The van der Waals surface area contributed by atoms with Gasteiger partial charge >= 0.3 is 0 Å². The SMILES string of the molecule is CNc1nc(-c2ccc(OC)c(OC)c2)nc2cc(N)ccc12. The van der Waals surface area contributed by atoms with Gasteiger partial charge in [0.05, 0.1) is 19.7 Å². The highest BCUT2D eigenvalue weighted by atomic mass is 16.5. The third kappa shape index (κ3) is 2.70. The number of aromatic nitrogens is 2. The van der Waals surface area contributed by atoms with Crippen molar-refractivity contribution in [1.82, 2.24) is 9.97 Å². The first kappa shape index (κ1) is 14.9. The quantitative estimate of drug-likeness (QED) is 0.721. The molecule has 0 bridgehead atoms. The van der Waals surface area contributed by atoms with Crippen molar-refractivity contribution in [2.45, 2.75) is 0 Å². The lowest BCUT2D eigenvalue weighted by molar-refractivity contribution is 0.355. The third-order valence-corrected chi connectivity index (χ3v) is 3.60. The molecule has 0 fully saturated rings. The van der Waals surface area contributed by atoms with Crippen molar-refractivity contribution in [3.63, 3.8) is 0 Å². The topological polar surface area (TPSA) is 82.3 Å². The number of methoxy groups -OCH3 is 2. The average Bonchev–Trinajstić information content (AvgIpc) is 2.59. The van der Waals surface area contributed by atoms with E-state index in [1.54, 1.807) is 14.2 Å². The molecule has 0 unspecified atom stereocenters. The lowest BCUT2D eigenvalue weighted by Gasteiger charge is -2.11. The maximum Gasteiger partial charge on any atom is 0.162 e. The molecule has 6 nitrogen and oxygen atoms in total. The Morgan fingerprint density at radius 1 is 0.957 bits per heavy atom. The summed E-state index contributed by atoms with van der Waals surface area (Å²) in [7, 11) is 5.03. The summed E-state index contributed by atoms with van der Waals surface area (Å²) >= 11 is 0. The minimum absolute atomic E-state index is 0.591. The minimum atomic E-state index is 0.591. The number of nitrogens with one attached hydrogen (secondary N) is 1. The number of nitrogens with zero attached hydrogens (tertiary/aromatic N) is 2. The number of benzene rings is 2. The second-order valence-electron chi connectivity index (χ2n) is 4.99. The Balaban J connectivity index is 2.19. The Morgan fingerprint density at radius 2 is 1.74 bits per heavy atom.